The third-order valence-corrected chi connectivity index (χ3v) is 7.12. The molecule has 0 unspecified atom stereocenters. The maximum atomic E-state index is 12.4. The van der Waals surface area contributed by atoms with E-state index in [1.807, 2.05) is 13.8 Å². The summed E-state index contributed by atoms with van der Waals surface area (Å²) in [5, 5.41) is 10.7. The lowest BCUT2D eigenvalue weighted by atomic mass is 9.73. The van der Waals surface area contributed by atoms with E-state index in [4.69, 9.17) is 11.6 Å². The third kappa shape index (κ3) is 2.91. The van der Waals surface area contributed by atoms with Crippen molar-refractivity contribution >= 4 is 38.8 Å². The SMILES string of the molecule is Cc1cc(C(O)=C2C(=O)CC(C)(C)CC2=O)c(Cl)c2c1S(=O)(=O)CC2. The molecule has 0 atom stereocenters. The molecule has 0 aromatic heterocycles. The van der Waals surface area contributed by atoms with Crippen molar-refractivity contribution in [3.63, 3.8) is 0 Å². The van der Waals surface area contributed by atoms with E-state index in [9.17, 15) is 23.1 Å². The van der Waals surface area contributed by atoms with Gasteiger partial charge in [-0.1, -0.05) is 25.4 Å². The molecule has 1 N–H and O–H groups in total. The van der Waals surface area contributed by atoms with Gasteiger partial charge in [0.05, 0.1) is 15.7 Å². The van der Waals surface area contributed by atoms with E-state index >= 15 is 0 Å². The Kier molecular flexibility index (Phi) is 4.12. The number of fused-ring (bicyclic) bond motifs is 1. The van der Waals surface area contributed by atoms with Crippen molar-refractivity contribution in [2.24, 2.45) is 5.41 Å². The highest BCUT2D eigenvalue weighted by Gasteiger charge is 2.39. The Morgan fingerprint density at radius 1 is 1.20 bits per heavy atom. The van der Waals surface area contributed by atoms with Crippen LogP contribution in [0.25, 0.3) is 5.76 Å². The number of hydrogen-bond donors (Lipinski definition) is 1. The van der Waals surface area contributed by atoms with Crippen molar-refractivity contribution in [3.05, 3.63) is 33.4 Å². The second kappa shape index (κ2) is 5.68. The van der Waals surface area contributed by atoms with Gasteiger partial charge in [0.25, 0.3) is 0 Å². The van der Waals surface area contributed by atoms with Gasteiger partial charge in [0.2, 0.25) is 0 Å². The quantitative estimate of drug-likeness (QED) is 0.457. The summed E-state index contributed by atoms with van der Waals surface area (Å²) < 4.78 is 24.3. The number of halogens is 1. The van der Waals surface area contributed by atoms with Gasteiger partial charge in [-0.05, 0) is 36.0 Å². The number of hydrogen-bond acceptors (Lipinski definition) is 5. The lowest BCUT2D eigenvalue weighted by Gasteiger charge is -2.29. The minimum absolute atomic E-state index is 0.0320. The summed E-state index contributed by atoms with van der Waals surface area (Å²) in [4.78, 5) is 25.0. The number of aliphatic hydroxyl groups is 1. The molecule has 0 bridgehead atoms. The molecule has 134 valence electrons. The van der Waals surface area contributed by atoms with E-state index in [-0.39, 0.29) is 46.1 Å². The first-order valence-electron chi connectivity index (χ1n) is 7.99. The van der Waals surface area contributed by atoms with Gasteiger partial charge in [0.15, 0.2) is 21.4 Å². The van der Waals surface area contributed by atoms with Gasteiger partial charge < -0.3 is 5.11 Å². The van der Waals surface area contributed by atoms with Crippen LogP contribution < -0.4 is 0 Å². The van der Waals surface area contributed by atoms with E-state index in [2.05, 4.69) is 0 Å². The molecule has 0 spiro atoms. The molecule has 1 heterocycles. The maximum absolute atomic E-state index is 12.4. The molecule has 0 radical (unpaired) electrons. The first-order chi connectivity index (χ1) is 11.4. The zero-order valence-electron chi connectivity index (χ0n) is 14.3. The topological polar surface area (TPSA) is 88.5 Å². The predicted octanol–water partition coefficient (Wildman–Crippen LogP) is 3.21. The molecule has 1 aromatic rings. The summed E-state index contributed by atoms with van der Waals surface area (Å²) in [6.45, 7) is 5.27. The largest absolute Gasteiger partial charge is 0.506 e. The fourth-order valence-electron chi connectivity index (χ4n) is 3.68. The molecule has 25 heavy (non-hydrogen) atoms. The van der Waals surface area contributed by atoms with Gasteiger partial charge in [0.1, 0.15) is 11.3 Å². The molecule has 5 nitrogen and oxygen atoms in total. The van der Waals surface area contributed by atoms with E-state index in [0.717, 1.165) is 0 Å². The molecule has 2 aliphatic rings. The Balaban J connectivity index is 2.20. The van der Waals surface area contributed by atoms with E-state index < -0.39 is 32.6 Å². The van der Waals surface area contributed by atoms with Crippen molar-refractivity contribution in [1.82, 2.24) is 0 Å². The van der Waals surface area contributed by atoms with Gasteiger partial charge in [-0.2, -0.15) is 0 Å². The Hall–Kier alpha value is -1.66. The van der Waals surface area contributed by atoms with Crippen LogP contribution >= 0.6 is 11.6 Å². The average molecular weight is 383 g/mol. The number of aliphatic hydroxyl groups excluding tert-OH is 1. The van der Waals surface area contributed by atoms with Crippen molar-refractivity contribution in [1.29, 1.82) is 0 Å². The van der Waals surface area contributed by atoms with Crippen molar-refractivity contribution in [2.75, 3.05) is 5.75 Å². The number of allylic oxidation sites excluding steroid dienone is 1. The van der Waals surface area contributed by atoms with Crippen molar-refractivity contribution in [2.45, 2.75) is 44.9 Å². The molecular formula is C18H19ClO5S. The minimum atomic E-state index is -3.38. The second-order valence-corrected chi connectivity index (χ2v) is 9.94. The summed E-state index contributed by atoms with van der Waals surface area (Å²) >= 11 is 6.34. The van der Waals surface area contributed by atoms with Crippen LogP contribution in [0.15, 0.2) is 16.5 Å². The zero-order chi connectivity index (χ0) is 18.7. The number of sulfone groups is 1. The molecule has 7 heteroatoms. The van der Waals surface area contributed by atoms with Crippen LogP contribution in [0.5, 0.6) is 0 Å². The Bertz CT molecular complexity index is 932. The van der Waals surface area contributed by atoms with Gasteiger partial charge in [-0.3, -0.25) is 9.59 Å². The average Bonchev–Trinajstić information content (AvgIpc) is 2.77. The van der Waals surface area contributed by atoms with E-state index in [1.165, 1.54) is 6.07 Å². The van der Waals surface area contributed by atoms with Gasteiger partial charge in [0, 0.05) is 18.4 Å². The normalized spacial score (nSPS) is 21.4. The smallest absolute Gasteiger partial charge is 0.179 e. The van der Waals surface area contributed by atoms with Gasteiger partial charge in [-0.15, -0.1) is 0 Å². The number of aryl methyl sites for hydroxylation is 1. The van der Waals surface area contributed by atoms with E-state index in [0.29, 0.717) is 11.1 Å². The minimum Gasteiger partial charge on any atom is -0.506 e. The fraction of sp³-hybridized carbons (Fsp3) is 0.444. The third-order valence-electron chi connectivity index (χ3n) is 4.75. The molecule has 1 saturated carbocycles. The standard InChI is InChI=1S/C18H19ClO5S/c1-9-6-11(15(19)10-4-5-25(23,24)17(9)10)16(22)14-12(20)7-18(2,3)8-13(14)21/h6,22H,4-5,7-8H2,1-3H3. The number of rotatable bonds is 1. The van der Waals surface area contributed by atoms with Crippen LogP contribution in [0.2, 0.25) is 5.02 Å². The number of carbonyl (C=O) groups is 2. The summed E-state index contributed by atoms with van der Waals surface area (Å²) in [5.41, 5.74) is 0.367. The molecule has 1 aliphatic carbocycles. The molecule has 3 rings (SSSR count). The molecular weight excluding hydrogens is 364 g/mol. The predicted molar refractivity (Wildman–Crippen MR) is 94.5 cm³/mol. The lowest BCUT2D eigenvalue weighted by Crippen LogP contribution is -2.32. The highest BCUT2D eigenvalue weighted by molar-refractivity contribution is 7.91. The number of benzene rings is 1. The lowest BCUT2D eigenvalue weighted by molar-refractivity contribution is -0.127. The zero-order valence-corrected chi connectivity index (χ0v) is 15.8. The van der Waals surface area contributed by atoms with Crippen LogP contribution in [0.1, 0.15) is 43.4 Å². The van der Waals surface area contributed by atoms with Crippen LogP contribution in [0, 0.1) is 12.3 Å². The Morgan fingerprint density at radius 2 is 1.76 bits per heavy atom. The van der Waals surface area contributed by atoms with Gasteiger partial charge in [-0.25, -0.2) is 8.42 Å². The molecule has 1 aromatic carbocycles. The summed E-state index contributed by atoms with van der Waals surface area (Å²) in [6.07, 6.45) is 0.574. The fourth-order valence-corrected chi connectivity index (χ4v) is 5.87. The maximum Gasteiger partial charge on any atom is 0.179 e. The highest BCUT2D eigenvalue weighted by Crippen LogP contribution is 2.41. The second-order valence-electron chi connectivity index (χ2n) is 7.52. The molecule has 0 amide bonds. The van der Waals surface area contributed by atoms with Crippen LogP contribution in [-0.2, 0) is 25.8 Å². The number of ketones is 2. The van der Waals surface area contributed by atoms with Crippen LogP contribution in [0.3, 0.4) is 0 Å². The first kappa shape index (κ1) is 18.1. The van der Waals surface area contributed by atoms with E-state index in [1.54, 1.807) is 6.92 Å². The molecule has 0 saturated heterocycles. The van der Waals surface area contributed by atoms with Crippen LogP contribution in [0.4, 0.5) is 0 Å². The monoisotopic (exact) mass is 382 g/mol. The Morgan fingerprint density at radius 3 is 2.32 bits per heavy atom. The van der Waals surface area contributed by atoms with Crippen LogP contribution in [-0.4, -0.2) is 30.8 Å². The number of Topliss-reactive ketones (excluding diaryl/α,β-unsaturated/α-hetero) is 2. The molecule has 1 aliphatic heterocycles. The van der Waals surface area contributed by atoms with Crippen molar-refractivity contribution < 1.29 is 23.1 Å². The Labute approximate surface area is 151 Å². The molecule has 1 fully saturated rings. The summed E-state index contributed by atoms with van der Waals surface area (Å²) in [6, 6.07) is 1.44. The number of carbonyl (C=O) groups excluding carboxylic acids is 2. The first-order valence-corrected chi connectivity index (χ1v) is 10.0. The summed E-state index contributed by atoms with van der Waals surface area (Å²) in [5.74, 6) is -1.32. The van der Waals surface area contributed by atoms with Crippen molar-refractivity contribution in [3.8, 4) is 0 Å². The highest BCUT2D eigenvalue weighted by atomic mass is 35.5. The van der Waals surface area contributed by atoms with Gasteiger partial charge >= 0.3 is 0 Å². The summed E-state index contributed by atoms with van der Waals surface area (Å²) in [7, 11) is -3.38.